The third-order valence-electron chi connectivity index (χ3n) is 4.90. The molecule has 3 rings (SSSR count). The van der Waals surface area contributed by atoms with Gasteiger partial charge in [-0.2, -0.15) is 0 Å². The molecule has 174 valence electrons. The fraction of sp³-hybridized carbons (Fsp3) is 0.500. The zero-order chi connectivity index (χ0) is 23.4. The van der Waals surface area contributed by atoms with E-state index in [0.717, 1.165) is 0 Å². The lowest BCUT2D eigenvalue weighted by molar-refractivity contribution is 0.0531. The van der Waals surface area contributed by atoms with Crippen LogP contribution in [0.25, 0.3) is 0 Å². The molecule has 12 heteroatoms. The molecule has 0 atom stereocenters. The van der Waals surface area contributed by atoms with Crippen molar-refractivity contribution < 1.29 is 14.4 Å². The lowest BCUT2D eigenvalue weighted by atomic mass is 10.0. The quantitative estimate of drug-likeness (QED) is 0.302. The Morgan fingerprint density at radius 2 is 1.91 bits per heavy atom. The molecule has 0 radical (unpaired) electrons. The van der Waals surface area contributed by atoms with Crippen LogP contribution in [0, 0.1) is 6.92 Å². The summed E-state index contributed by atoms with van der Waals surface area (Å²) in [6, 6.07) is 1.64. The number of hydroxylamine groups is 1. The number of anilines is 1. The standard InChI is InChI=1S/C20H26Cl2N6O3S/c1-10(2)32-20-25-13(18(29)27-31-4)9-14(26-20)28-7-5-12(6-8-28)24-19(30)17-16(22)15(21)11(3)23-17/h9-10,12,23H,5-8H2,1-4H3,(H,24,30)(H,27,29). The molecule has 1 saturated heterocycles. The molecule has 3 N–H and O–H groups in total. The summed E-state index contributed by atoms with van der Waals surface area (Å²) in [5.41, 5.74) is 3.47. The van der Waals surface area contributed by atoms with Gasteiger partial charge >= 0.3 is 0 Å². The van der Waals surface area contributed by atoms with Crippen LogP contribution >= 0.6 is 35.0 Å². The van der Waals surface area contributed by atoms with Gasteiger partial charge in [-0.1, -0.05) is 48.8 Å². The monoisotopic (exact) mass is 500 g/mol. The lowest BCUT2D eigenvalue weighted by Crippen LogP contribution is -2.45. The number of nitrogens with zero attached hydrogens (tertiary/aromatic N) is 3. The van der Waals surface area contributed by atoms with Gasteiger partial charge in [0.25, 0.3) is 11.8 Å². The van der Waals surface area contributed by atoms with Crippen molar-refractivity contribution in [3.05, 3.63) is 33.2 Å². The van der Waals surface area contributed by atoms with Crippen molar-refractivity contribution in [2.75, 3.05) is 25.1 Å². The van der Waals surface area contributed by atoms with Crippen LogP contribution in [0.3, 0.4) is 0 Å². The average molecular weight is 501 g/mol. The van der Waals surface area contributed by atoms with Gasteiger partial charge in [0.15, 0.2) is 5.16 Å². The van der Waals surface area contributed by atoms with Gasteiger partial charge in [0.05, 0.1) is 17.2 Å². The summed E-state index contributed by atoms with van der Waals surface area (Å²) in [7, 11) is 1.37. The summed E-state index contributed by atoms with van der Waals surface area (Å²) in [5.74, 6) is -0.0377. The maximum Gasteiger partial charge on any atom is 0.293 e. The predicted molar refractivity (Wildman–Crippen MR) is 126 cm³/mol. The number of hydrogen-bond donors (Lipinski definition) is 3. The number of nitrogens with one attached hydrogen (secondary N) is 3. The Labute approximate surface area is 200 Å². The average Bonchev–Trinajstić information content (AvgIpc) is 3.01. The molecule has 1 fully saturated rings. The number of rotatable bonds is 7. The van der Waals surface area contributed by atoms with Crippen molar-refractivity contribution in [2.45, 2.75) is 50.1 Å². The van der Waals surface area contributed by atoms with Crippen molar-refractivity contribution in [2.24, 2.45) is 0 Å². The van der Waals surface area contributed by atoms with Crippen LogP contribution in [0.5, 0.6) is 0 Å². The minimum absolute atomic E-state index is 0.0141. The normalized spacial score (nSPS) is 14.7. The number of thioether (sulfide) groups is 1. The third kappa shape index (κ3) is 5.86. The van der Waals surface area contributed by atoms with E-state index in [4.69, 9.17) is 28.0 Å². The van der Waals surface area contributed by atoms with Crippen molar-refractivity contribution in [1.82, 2.24) is 25.7 Å². The topological polar surface area (TPSA) is 112 Å². The highest BCUT2D eigenvalue weighted by atomic mass is 35.5. The SMILES string of the molecule is CONC(=O)c1cc(N2CCC(NC(=O)c3[nH]c(C)c(Cl)c3Cl)CC2)nc(SC(C)C)n1. The second-order valence-corrected chi connectivity index (χ2v) is 9.98. The van der Waals surface area contributed by atoms with Gasteiger partial charge < -0.3 is 15.2 Å². The van der Waals surface area contributed by atoms with Crippen LogP contribution in [0.15, 0.2) is 11.2 Å². The van der Waals surface area contributed by atoms with E-state index in [9.17, 15) is 9.59 Å². The van der Waals surface area contributed by atoms with E-state index in [1.165, 1.54) is 18.9 Å². The molecular weight excluding hydrogens is 475 g/mol. The first kappa shape index (κ1) is 24.6. The molecule has 2 aromatic heterocycles. The summed E-state index contributed by atoms with van der Waals surface area (Å²) < 4.78 is 0. The Kier molecular flexibility index (Phi) is 8.26. The van der Waals surface area contributed by atoms with Crippen LogP contribution in [0.2, 0.25) is 10.0 Å². The van der Waals surface area contributed by atoms with Crippen LogP contribution in [0.1, 0.15) is 53.4 Å². The Morgan fingerprint density at radius 1 is 1.22 bits per heavy atom. The number of halogens is 2. The Hall–Kier alpha value is -2.01. The number of hydrogen-bond acceptors (Lipinski definition) is 7. The van der Waals surface area contributed by atoms with Gasteiger partial charge in [-0.3, -0.25) is 14.4 Å². The molecule has 32 heavy (non-hydrogen) atoms. The maximum absolute atomic E-state index is 12.6. The highest BCUT2D eigenvalue weighted by molar-refractivity contribution is 7.99. The summed E-state index contributed by atoms with van der Waals surface area (Å²) in [6.45, 7) is 7.16. The minimum atomic E-state index is -0.430. The molecule has 0 aromatic carbocycles. The van der Waals surface area contributed by atoms with Gasteiger partial charge in [0.1, 0.15) is 17.2 Å². The Balaban J connectivity index is 1.68. The number of aromatic amines is 1. The van der Waals surface area contributed by atoms with E-state index in [-0.39, 0.29) is 33.6 Å². The maximum atomic E-state index is 12.6. The number of piperidine rings is 1. The van der Waals surface area contributed by atoms with Crippen molar-refractivity contribution >= 4 is 52.6 Å². The first-order valence-electron chi connectivity index (χ1n) is 10.2. The second-order valence-electron chi connectivity index (χ2n) is 7.68. The van der Waals surface area contributed by atoms with Crippen LogP contribution < -0.4 is 15.7 Å². The zero-order valence-electron chi connectivity index (χ0n) is 18.3. The number of H-pyrrole nitrogens is 1. The molecule has 0 aliphatic carbocycles. The minimum Gasteiger partial charge on any atom is -0.356 e. The van der Waals surface area contributed by atoms with Gasteiger partial charge in [0, 0.05) is 36.1 Å². The number of carbonyl (C=O) groups is 2. The van der Waals surface area contributed by atoms with Gasteiger partial charge in [-0.25, -0.2) is 15.4 Å². The molecule has 3 heterocycles. The number of aromatic nitrogens is 3. The van der Waals surface area contributed by atoms with E-state index < -0.39 is 5.91 Å². The van der Waals surface area contributed by atoms with E-state index in [1.54, 1.807) is 13.0 Å². The molecular formula is C20H26Cl2N6O3S. The molecule has 2 amide bonds. The van der Waals surface area contributed by atoms with Crippen molar-refractivity contribution in [3.63, 3.8) is 0 Å². The van der Waals surface area contributed by atoms with E-state index in [1.807, 2.05) is 13.8 Å². The highest BCUT2D eigenvalue weighted by Crippen LogP contribution is 2.29. The first-order valence-corrected chi connectivity index (χ1v) is 11.8. The summed E-state index contributed by atoms with van der Waals surface area (Å²) in [6.07, 6.45) is 1.43. The molecule has 9 nitrogen and oxygen atoms in total. The fourth-order valence-electron chi connectivity index (χ4n) is 3.34. The van der Waals surface area contributed by atoms with Gasteiger partial charge in [-0.15, -0.1) is 0 Å². The van der Waals surface area contributed by atoms with Crippen LogP contribution in [0.4, 0.5) is 5.82 Å². The second kappa shape index (κ2) is 10.7. The number of carbonyl (C=O) groups excluding carboxylic acids is 2. The van der Waals surface area contributed by atoms with Crippen molar-refractivity contribution in [3.8, 4) is 0 Å². The molecule has 1 aliphatic heterocycles. The molecule has 0 unspecified atom stereocenters. The van der Waals surface area contributed by atoms with Crippen LogP contribution in [-0.2, 0) is 4.84 Å². The largest absolute Gasteiger partial charge is 0.356 e. The predicted octanol–water partition coefficient (Wildman–Crippen LogP) is 3.61. The van der Waals surface area contributed by atoms with E-state index in [2.05, 4.69) is 30.6 Å². The Bertz CT molecular complexity index is 992. The van der Waals surface area contributed by atoms with E-state index >= 15 is 0 Å². The molecule has 0 spiro atoms. The molecule has 0 saturated carbocycles. The molecule has 1 aliphatic rings. The van der Waals surface area contributed by atoms with Crippen LogP contribution in [-0.4, -0.2) is 58.3 Å². The summed E-state index contributed by atoms with van der Waals surface area (Å²) in [5, 5.41) is 4.40. The summed E-state index contributed by atoms with van der Waals surface area (Å²) in [4.78, 5) is 43.6. The molecule has 2 aromatic rings. The Morgan fingerprint density at radius 3 is 2.47 bits per heavy atom. The first-order chi connectivity index (χ1) is 15.2. The van der Waals surface area contributed by atoms with Crippen molar-refractivity contribution in [1.29, 1.82) is 0 Å². The van der Waals surface area contributed by atoms with E-state index in [0.29, 0.717) is 47.6 Å². The highest BCUT2D eigenvalue weighted by Gasteiger charge is 2.26. The number of amides is 2. The lowest BCUT2D eigenvalue weighted by Gasteiger charge is -2.33. The molecule has 0 bridgehead atoms. The fourth-order valence-corrected chi connectivity index (χ4v) is 4.47. The third-order valence-corrected chi connectivity index (χ3v) is 6.71. The summed E-state index contributed by atoms with van der Waals surface area (Å²) >= 11 is 13.7. The smallest absolute Gasteiger partial charge is 0.293 e. The van der Waals surface area contributed by atoms with Gasteiger partial charge in [0.2, 0.25) is 0 Å². The number of aryl methyl sites for hydroxylation is 1. The van der Waals surface area contributed by atoms with Gasteiger partial charge in [-0.05, 0) is 19.8 Å². The zero-order valence-corrected chi connectivity index (χ0v) is 20.6.